The van der Waals surface area contributed by atoms with Gasteiger partial charge in [0.15, 0.2) is 0 Å². The lowest BCUT2D eigenvalue weighted by Gasteiger charge is -2.32. The van der Waals surface area contributed by atoms with E-state index in [2.05, 4.69) is 5.43 Å². The first kappa shape index (κ1) is 24.4. The summed E-state index contributed by atoms with van der Waals surface area (Å²) in [4.78, 5) is 40.0. The van der Waals surface area contributed by atoms with Gasteiger partial charge in [0, 0.05) is 12.1 Å². The van der Waals surface area contributed by atoms with Crippen LogP contribution in [0.4, 0.5) is 4.79 Å². The lowest BCUT2D eigenvalue weighted by Crippen LogP contribution is -2.56. The number of nitrogens with zero attached hydrogens (tertiary/aromatic N) is 2. The Hall–Kier alpha value is -2.87. The van der Waals surface area contributed by atoms with Gasteiger partial charge >= 0.3 is 6.09 Å². The minimum Gasteiger partial charge on any atom is -0.442 e. The zero-order valence-corrected chi connectivity index (χ0v) is 19.0. The molecular weight excluding hydrogens is 396 g/mol. The lowest BCUT2D eigenvalue weighted by atomic mass is 10.0. The maximum absolute atomic E-state index is 12.9. The number of amides is 3. The highest BCUT2D eigenvalue weighted by Gasteiger charge is 2.32. The van der Waals surface area contributed by atoms with Crippen molar-refractivity contribution in [2.75, 3.05) is 13.1 Å². The molecule has 1 aromatic rings. The second-order valence-corrected chi connectivity index (χ2v) is 9.12. The quantitative estimate of drug-likeness (QED) is 0.533. The molecule has 1 unspecified atom stereocenters. The minimum absolute atomic E-state index is 0.0458. The number of nitrogens with one attached hydrogen (secondary N) is 1. The smallest absolute Gasteiger partial charge is 0.429 e. The summed E-state index contributed by atoms with van der Waals surface area (Å²) in [5, 5.41) is 1.11. The third-order valence-electron chi connectivity index (χ3n) is 4.63. The molecule has 0 aliphatic carbocycles. The van der Waals surface area contributed by atoms with E-state index in [1.54, 1.807) is 49.9 Å². The predicted octanol–water partition coefficient (Wildman–Crippen LogP) is 2.71. The van der Waals surface area contributed by atoms with E-state index in [9.17, 15) is 14.4 Å². The topological polar surface area (TPSA) is 105 Å². The summed E-state index contributed by atoms with van der Waals surface area (Å²) >= 11 is 0. The SMILES string of the molecule is CC(C)C[C@H](N)C(=O)NN(CC1C=CCN1C(=O)c1ccccc1)C(=O)OC(C)(C)C. The molecule has 1 aliphatic heterocycles. The van der Waals surface area contributed by atoms with E-state index in [1.807, 2.05) is 32.1 Å². The predicted molar refractivity (Wildman–Crippen MR) is 119 cm³/mol. The average molecular weight is 431 g/mol. The second kappa shape index (κ2) is 10.4. The molecule has 8 nitrogen and oxygen atoms in total. The molecule has 0 saturated carbocycles. The number of rotatable bonds is 6. The van der Waals surface area contributed by atoms with E-state index in [0.29, 0.717) is 18.5 Å². The van der Waals surface area contributed by atoms with Gasteiger partial charge in [0.05, 0.1) is 18.6 Å². The van der Waals surface area contributed by atoms with Crippen LogP contribution < -0.4 is 11.2 Å². The van der Waals surface area contributed by atoms with Gasteiger partial charge in [-0.3, -0.25) is 15.0 Å². The number of ether oxygens (including phenoxy) is 1. The number of benzene rings is 1. The van der Waals surface area contributed by atoms with Crippen molar-refractivity contribution in [1.82, 2.24) is 15.3 Å². The molecule has 0 fully saturated rings. The maximum Gasteiger partial charge on any atom is 0.429 e. The summed E-state index contributed by atoms with van der Waals surface area (Å²) < 4.78 is 5.46. The van der Waals surface area contributed by atoms with Gasteiger partial charge in [-0.2, -0.15) is 0 Å². The van der Waals surface area contributed by atoms with Crippen molar-refractivity contribution in [2.24, 2.45) is 11.7 Å². The van der Waals surface area contributed by atoms with Gasteiger partial charge in [0.1, 0.15) is 5.60 Å². The van der Waals surface area contributed by atoms with Crippen LogP contribution >= 0.6 is 0 Å². The number of hydrogen-bond acceptors (Lipinski definition) is 5. The Morgan fingerprint density at radius 3 is 2.45 bits per heavy atom. The van der Waals surface area contributed by atoms with Gasteiger partial charge in [-0.25, -0.2) is 9.80 Å². The van der Waals surface area contributed by atoms with Gasteiger partial charge in [-0.05, 0) is 45.2 Å². The molecule has 3 N–H and O–H groups in total. The van der Waals surface area contributed by atoms with E-state index in [0.717, 1.165) is 5.01 Å². The maximum atomic E-state index is 12.9. The first-order valence-corrected chi connectivity index (χ1v) is 10.6. The summed E-state index contributed by atoms with van der Waals surface area (Å²) in [7, 11) is 0. The van der Waals surface area contributed by atoms with Crippen LogP contribution in [0.25, 0.3) is 0 Å². The van der Waals surface area contributed by atoms with Crippen LogP contribution in [0.5, 0.6) is 0 Å². The zero-order valence-electron chi connectivity index (χ0n) is 19.0. The molecule has 31 heavy (non-hydrogen) atoms. The van der Waals surface area contributed by atoms with Gasteiger partial charge < -0.3 is 15.4 Å². The lowest BCUT2D eigenvalue weighted by molar-refractivity contribution is -0.127. The van der Waals surface area contributed by atoms with Crippen LogP contribution in [0.3, 0.4) is 0 Å². The first-order valence-electron chi connectivity index (χ1n) is 10.6. The number of hydrazine groups is 1. The Morgan fingerprint density at radius 2 is 1.87 bits per heavy atom. The molecule has 0 bridgehead atoms. The Kier molecular flexibility index (Phi) is 8.21. The van der Waals surface area contributed by atoms with Gasteiger partial charge in [0.25, 0.3) is 11.8 Å². The van der Waals surface area contributed by atoms with Gasteiger partial charge in [0.2, 0.25) is 0 Å². The third-order valence-corrected chi connectivity index (χ3v) is 4.63. The van der Waals surface area contributed by atoms with Crippen molar-refractivity contribution in [3.8, 4) is 0 Å². The Labute approximate surface area is 184 Å². The number of hydrogen-bond donors (Lipinski definition) is 2. The molecule has 2 rings (SSSR count). The van der Waals surface area contributed by atoms with Crippen LogP contribution in [-0.4, -0.2) is 58.6 Å². The zero-order chi connectivity index (χ0) is 23.2. The summed E-state index contributed by atoms with van der Waals surface area (Å²) in [6, 6.07) is 7.76. The van der Waals surface area contributed by atoms with Crippen LogP contribution in [-0.2, 0) is 9.53 Å². The standard InChI is InChI=1S/C23H34N4O4/c1-16(2)14-19(24)20(28)25-27(22(30)31-23(3,4)5)15-18-12-9-13-26(18)21(29)17-10-7-6-8-11-17/h6-12,16,18-19H,13-15,24H2,1-5H3,(H,25,28)/t18?,19-/m0/s1. The largest absolute Gasteiger partial charge is 0.442 e. The second-order valence-electron chi connectivity index (χ2n) is 9.12. The van der Waals surface area contributed by atoms with Crippen molar-refractivity contribution in [2.45, 2.75) is 58.7 Å². The van der Waals surface area contributed by atoms with Crippen molar-refractivity contribution in [3.05, 3.63) is 48.0 Å². The fourth-order valence-electron chi connectivity index (χ4n) is 3.21. The van der Waals surface area contributed by atoms with E-state index >= 15 is 0 Å². The number of carbonyl (C=O) groups is 3. The van der Waals surface area contributed by atoms with E-state index < -0.39 is 29.7 Å². The van der Waals surface area contributed by atoms with E-state index in [-0.39, 0.29) is 18.4 Å². The number of nitrogens with two attached hydrogens (primary N) is 1. The molecule has 0 radical (unpaired) electrons. The fourth-order valence-corrected chi connectivity index (χ4v) is 3.21. The van der Waals surface area contributed by atoms with Crippen molar-refractivity contribution < 1.29 is 19.1 Å². The normalized spacial score (nSPS) is 16.9. The summed E-state index contributed by atoms with van der Waals surface area (Å²) in [6.45, 7) is 9.64. The Balaban J connectivity index is 2.16. The molecule has 1 aromatic carbocycles. The molecule has 1 aliphatic rings. The highest BCUT2D eigenvalue weighted by atomic mass is 16.6. The molecular formula is C23H34N4O4. The first-order chi connectivity index (χ1) is 14.5. The third kappa shape index (κ3) is 7.40. The highest BCUT2D eigenvalue weighted by molar-refractivity contribution is 5.95. The monoisotopic (exact) mass is 430 g/mol. The van der Waals surface area contributed by atoms with E-state index in [4.69, 9.17) is 10.5 Å². The van der Waals surface area contributed by atoms with Crippen LogP contribution in [0.1, 0.15) is 51.4 Å². The Bertz CT molecular complexity index is 802. The van der Waals surface area contributed by atoms with Crippen molar-refractivity contribution >= 4 is 17.9 Å². The molecule has 1 heterocycles. The van der Waals surface area contributed by atoms with Gasteiger partial charge in [-0.15, -0.1) is 0 Å². The molecule has 2 atom stereocenters. The molecule has 8 heteroatoms. The summed E-state index contributed by atoms with van der Waals surface area (Å²) in [5.41, 5.74) is 8.39. The van der Waals surface area contributed by atoms with Crippen molar-refractivity contribution in [1.29, 1.82) is 0 Å². The fraction of sp³-hybridized carbons (Fsp3) is 0.522. The van der Waals surface area contributed by atoms with Crippen molar-refractivity contribution in [3.63, 3.8) is 0 Å². The number of carbonyl (C=O) groups excluding carboxylic acids is 3. The van der Waals surface area contributed by atoms with Crippen LogP contribution in [0.2, 0.25) is 0 Å². The highest BCUT2D eigenvalue weighted by Crippen LogP contribution is 2.17. The van der Waals surface area contributed by atoms with Crippen LogP contribution in [0, 0.1) is 5.92 Å². The average Bonchev–Trinajstić information content (AvgIpc) is 3.13. The van der Waals surface area contributed by atoms with E-state index in [1.165, 1.54) is 0 Å². The van der Waals surface area contributed by atoms with Gasteiger partial charge in [-0.1, -0.05) is 44.2 Å². The minimum atomic E-state index is -0.758. The molecule has 0 spiro atoms. The molecule has 3 amide bonds. The van der Waals surface area contributed by atoms with Crippen LogP contribution in [0.15, 0.2) is 42.5 Å². The summed E-state index contributed by atoms with van der Waals surface area (Å²) in [6.07, 6.45) is 3.49. The molecule has 0 aromatic heterocycles. The molecule has 0 saturated heterocycles. The molecule has 170 valence electrons. The Morgan fingerprint density at radius 1 is 1.23 bits per heavy atom. The summed E-state index contributed by atoms with van der Waals surface area (Å²) in [5.74, 6) is -0.391.